The molecular formula is C11H12FNO4. The maximum absolute atomic E-state index is 13.2. The quantitative estimate of drug-likeness (QED) is 0.468. The Bertz CT molecular complexity index is 431. The van der Waals surface area contributed by atoms with E-state index in [4.69, 9.17) is 5.21 Å². The number of carbonyl (C=O) groups is 1. The second-order valence-corrected chi connectivity index (χ2v) is 3.14. The molecule has 0 radical (unpaired) electrons. The molecule has 1 aromatic rings. The Kier molecular flexibility index (Phi) is 4.77. The van der Waals surface area contributed by atoms with Gasteiger partial charge in [0.05, 0.1) is 6.61 Å². The summed E-state index contributed by atoms with van der Waals surface area (Å²) in [7, 11) is 0. The van der Waals surface area contributed by atoms with Gasteiger partial charge in [-0.05, 0) is 18.6 Å². The first-order valence-corrected chi connectivity index (χ1v) is 4.92. The van der Waals surface area contributed by atoms with Gasteiger partial charge in [0, 0.05) is 12.1 Å². The highest BCUT2D eigenvalue weighted by Gasteiger charge is 2.09. The number of ether oxygens (including phenoxy) is 1. The van der Waals surface area contributed by atoms with Crippen molar-refractivity contribution in [3.63, 3.8) is 0 Å². The van der Waals surface area contributed by atoms with Gasteiger partial charge in [0.2, 0.25) is 5.83 Å². The molecule has 92 valence electrons. The van der Waals surface area contributed by atoms with Crippen LogP contribution in [0.2, 0.25) is 0 Å². The van der Waals surface area contributed by atoms with Gasteiger partial charge in [-0.2, -0.15) is 9.62 Å². The lowest BCUT2D eigenvalue weighted by Crippen LogP contribution is -2.99. The minimum Gasteiger partial charge on any atom is -0.595 e. The van der Waals surface area contributed by atoms with Crippen molar-refractivity contribution < 1.29 is 24.4 Å². The van der Waals surface area contributed by atoms with Gasteiger partial charge >= 0.3 is 5.97 Å². The molecule has 0 fully saturated rings. The predicted octanol–water partition coefficient (Wildman–Crippen LogP) is 0.964. The second-order valence-electron chi connectivity index (χ2n) is 3.14. The molecule has 17 heavy (non-hydrogen) atoms. The lowest BCUT2D eigenvalue weighted by molar-refractivity contribution is -0.991. The van der Waals surface area contributed by atoms with Gasteiger partial charge in [-0.1, -0.05) is 12.1 Å². The van der Waals surface area contributed by atoms with Crippen molar-refractivity contribution in [2.45, 2.75) is 6.92 Å². The molecule has 0 saturated heterocycles. The van der Waals surface area contributed by atoms with Crippen molar-refractivity contribution >= 4 is 17.7 Å². The van der Waals surface area contributed by atoms with Crippen LogP contribution in [0.4, 0.5) is 10.1 Å². The maximum Gasteiger partial charge on any atom is 0.367 e. The molecule has 0 spiro atoms. The first-order chi connectivity index (χ1) is 8.04. The third-order valence-corrected chi connectivity index (χ3v) is 1.90. The molecule has 6 heteroatoms. The van der Waals surface area contributed by atoms with Gasteiger partial charge < -0.3 is 9.94 Å². The third-order valence-electron chi connectivity index (χ3n) is 1.90. The largest absolute Gasteiger partial charge is 0.595 e. The molecule has 1 atom stereocenters. The number of nitrogens with one attached hydrogen (secondary N) is 1. The Morgan fingerprint density at radius 3 is 2.94 bits per heavy atom. The van der Waals surface area contributed by atoms with E-state index in [0.29, 0.717) is 0 Å². The maximum atomic E-state index is 13.2. The Hall–Kier alpha value is -1.76. The molecule has 1 aromatic carbocycles. The molecule has 0 aliphatic heterocycles. The Morgan fingerprint density at radius 1 is 1.65 bits per heavy atom. The van der Waals surface area contributed by atoms with Crippen LogP contribution in [0.5, 0.6) is 0 Å². The third kappa shape index (κ3) is 3.95. The standard InChI is InChI=1S/C11H12FNO4/c1-2-17-11(14)10(12)7-8-4-3-5-9(6-8)13(15)16/h3-7,13,15H,2H2,1H3/b10-7-. The Morgan fingerprint density at radius 2 is 2.35 bits per heavy atom. The van der Waals surface area contributed by atoms with E-state index in [9.17, 15) is 14.4 Å². The van der Waals surface area contributed by atoms with E-state index in [0.717, 1.165) is 6.08 Å². The van der Waals surface area contributed by atoms with Crippen molar-refractivity contribution in [1.29, 1.82) is 0 Å². The normalized spacial score (nSPS) is 13.3. The molecule has 0 aromatic heterocycles. The van der Waals surface area contributed by atoms with E-state index >= 15 is 0 Å². The summed E-state index contributed by atoms with van der Waals surface area (Å²) in [5.41, 5.74) is 0.311. The van der Waals surface area contributed by atoms with E-state index in [1.807, 2.05) is 0 Å². The zero-order valence-corrected chi connectivity index (χ0v) is 9.14. The second kappa shape index (κ2) is 6.09. The molecular weight excluding hydrogens is 229 g/mol. The number of hydrogen-bond acceptors (Lipinski definition) is 4. The Balaban J connectivity index is 2.90. The smallest absolute Gasteiger partial charge is 0.367 e. The molecule has 0 heterocycles. The number of esters is 1. The molecule has 0 aliphatic rings. The monoisotopic (exact) mass is 241 g/mol. The zero-order chi connectivity index (χ0) is 12.8. The highest BCUT2D eigenvalue weighted by Crippen LogP contribution is 2.12. The number of hydrogen-bond donors (Lipinski definition) is 2. The number of carbonyl (C=O) groups excluding carboxylic acids is 1. The van der Waals surface area contributed by atoms with Crippen LogP contribution in [0.25, 0.3) is 6.08 Å². The summed E-state index contributed by atoms with van der Waals surface area (Å²) in [5, 5.41) is 18.3. The van der Waals surface area contributed by atoms with Crippen LogP contribution in [0, 0.1) is 5.21 Å². The molecule has 0 aliphatic carbocycles. The molecule has 1 rings (SSSR count). The fourth-order valence-electron chi connectivity index (χ4n) is 1.17. The van der Waals surface area contributed by atoms with Gasteiger partial charge in [0.25, 0.3) is 0 Å². The number of rotatable bonds is 4. The lowest BCUT2D eigenvalue weighted by Gasteiger charge is -2.11. The average molecular weight is 241 g/mol. The van der Waals surface area contributed by atoms with Crippen molar-refractivity contribution in [3.8, 4) is 0 Å². The summed E-state index contributed by atoms with van der Waals surface area (Å²) in [6.07, 6.45) is 0.935. The van der Waals surface area contributed by atoms with Crippen LogP contribution in [0.15, 0.2) is 30.1 Å². The number of quaternary nitrogens is 1. The molecule has 2 N–H and O–H groups in total. The van der Waals surface area contributed by atoms with Gasteiger partial charge in [-0.25, -0.2) is 10.0 Å². The van der Waals surface area contributed by atoms with Crippen LogP contribution in [0.3, 0.4) is 0 Å². The summed E-state index contributed by atoms with van der Waals surface area (Å²) in [6, 6.07) is 5.60. The van der Waals surface area contributed by atoms with E-state index in [1.165, 1.54) is 24.3 Å². The molecule has 0 amide bonds. The van der Waals surface area contributed by atoms with Crippen molar-refractivity contribution in [3.05, 3.63) is 40.9 Å². The summed E-state index contributed by atoms with van der Waals surface area (Å²) in [4.78, 5) is 11.0. The zero-order valence-electron chi connectivity index (χ0n) is 9.14. The lowest BCUT2D eigenvalue weighted by atomic mass is 10.2. The Labute approximate surface area is 97.3 Å². The summed E-state index contributed by atoms with van der Waals surface area (Å²) >= 11 is 0. The summed E-state index contributed by atoms with van der Waals surface area (Å²) in [6.45, 7) is 1.64. The molecule has 0 saturated carbocycles. The first kappa shape index (κ1) is 13.3. The van der Waals surface area contributed by atoms with Gasteiger partial charge in [0.15, 0.2) is 5.69 Å². The highest BCUT2D eigenvalue weighted by molar-refractivity contribution is 5.91. The fourth-order valence-corrected chi connectivity index (χ4v) is 1.17. The van der Waals surface area contributed by atoms with Gasteiger partial charge in [0.1, 0.15) is 0 Å². The van der Waals surface area contributed by atoms with Crippen molar-refractivity contribution in [2.24, 2.45) is 0 Å². The van der Waals surface area contributed by atoms with Crippen LogP contribution < -0.4 is 5.23 Å². The molecule has 0 bridgehead atoms. The fraction of sp³-hybridized carbons (Fsp3) is 0.182. The van der Waals surface area contributed by atoms with E-state index in [-0.39, 0.29) is 17.9 Å². The highest BCUT2D eigenvalue weighted by atomic mass is 19.1. The van der Waals surface area contributed by atoms with Crippen LogP contribution in [-0.4, -0.2) is 17.8 Å². The predicted molar refractivity (Wildman–Crippen MR) is 57.9 cm³/mol. The first-order valence-electron chi connectivity index (χ1n) is 4.92. The number of benzene rings is 1. The van der Waals surface area contributed by atoms with Crippen molar-refractivity contribution in [1.82, 2.24) is 0 Å². The molecule has 1 unspecified atom stereocenters. The topological polar surface area (TPSA) is 74.0 Å². The van der Waals surface area contributed by atoms with Crippen LogP contribution >= 0.6 is 0 Å². The molecule has 5 nitrogen and oxygen atoms in total. The average Bonchev–Trinajstić information content (AvgIpc) is 2.29. The van der Waals surface area contributed by atoms with E-state index < -0.39 is 17.0 Å². The summed E-state index contributed by atoms with van der Waals surface area (Å²) in [5.74, 6) is -2.12. The van der Waals surface area contributed by atoms with Crippen LogP contribution in [-0.2, 0) is 9.53 Å². The minimum atomic E-state index is -1.11. The van der Waals surface area contributed by atoms with Gasteiger partial charge in [-0.15, -0.1) is 0 Å². The number of halogens is 1. The van der Waals surface area contributed by atoms with E-state index in [1.54, 1.807) is 6.92 Å². The van der Waals surface area contributed by atoms with Crippen molar-refractivity contribution in [2.75, 3.05) is 6.61 Å². The van der Waals surface area contributed by atoms with E-state index in [2.05, 4.69) is 4.74 Å². The van der Waals surface area contributed by atoms with Gasteiger partial charge in [-0.3, -0.25) is 0 Å². The van der Waals surface area contributed by atoms with Crippen LogP contribution in [0.1, 0.15) is 12.5 Å². The summed E-state index contributed by atoms with van der Waals surface area (Å²) < 4.78 is 17.7. The minimum absolute atomic E-state index is 0.0235. The SMILES string of the molecule is CCOC(=O)/C(F)=C/c1cccc([NH+]([O-])O)c1.